The summed E-state index contributed by atoms with van der Waals surface area (Å²) in [7, 11) is 11.1. The Balaban J connectivity index is 0.00000676. The Morgan fingerprint density at radius 1 is 0.396 bits per heavy atom. The Morgan fingerprint density at radius 3 is 0.849 bits per heavy atom. The minimum atomic E-state index is -3.81. The zero-order valence-corrected chi connectivity index (χ0v) is 38.4. The first-order chi connectivity index (χ1) is 23.4. The Bertz CT molecular complexity index is 1700. The smallest absolute Gasteiger partial charge is 1.00 e. The monoisotopic (exact) mass is 844 g/mol. The Hall–Kier alpha value is -2.99. The zero-order valence-electron chi connectivity index (χ0n) is 33.5. The van der Waals surface area contributed by atoms with E-state index in [2.05, 4.69) is 45.9 Å². The van der Waals surface area contributed by atoms with Gasteiger partial charge in [0.05, 0.1) is 64.0 Å². The summed E-state index contributed by atoms with van der Waals surface area (Å²) in [6.07, 6.45) is 0. The van der Waals surface area contributed by atoms with Gasteiger partial charge in [-0.25, -0.2) is 0 Å². The van der Waals surface area contributed by atoms with Gasteiger partial charge in [-0.3, -0.25) is 0 Å². The van der Waals surface area contributed by atoms with Gasteiger partial charge in [0, 0.05) is 32.3 Å². The molecule has 0 bridgehead atoms. The fraction of sp³-hybridized carbons (Fsp3) is 0.410. The van der Waals surface area contributed by atoms with E-state index in [9.17, 15) is 0 Å². The first kappa shape index (κ1) is 50.0. The van der Waals surface area contributed by atoms with Gasteiger partial charge in [0.15, 0.2) is 42.6 Å². The number of benzene rings is 3. The van der Waals surface area contributed by atoms with Crippen molar-refractivity contribution in [1.29, 1.82) is 0 Å². The number of rotatable bonds is 13. The van der Waals surface area contributed by atoms with E-state index in [-0.39, 0.29) is 58.9 Å². The van der Waals surface area contributed by atoms with Gasteiger partial charge in [-0.2, -0.15) is 27.4 Å². The molecule has 0 spiro atoms. The summed E-state index contributed by atoms with van der Waals surface area (Å²) in [4.78, 5) is 0. The van der Waals surface area contributed by atoms with E-state index in [0.717, 1.165) is 48.6 Å². The molecule has 4 rings (SSSR count). The number of halogens is 3. The van der Waals surface area contributed by atoms with Crippen LogP contribution in [0.3, 0.4) is 0 Å². The SMILES string of the molecule is COc1cc([Si](c2cc(OC)c(C)c(OC)c2OC)(c2cc(OC)c(C)c(OC)c2OC)c2c(C)c(C)c(C)[c-]2C)c(OC)c(OC)c1C.[Cl-].[Cl-].[Cl-].[Ti+4]. The maximum Gasteiger partial charge on any atom is 4.00 e. The average Bonchev–Trinajstić information content (AvgIpc) is 3.30. The molecule has 0 fully saturated rings. The number of ether oxygens (including phenoxy) is 9. The molecular weight excluding hydrogens is 795 g/mol. The molecule has 0 aromatic heterocycles. The standard InChI is InChI=1S/C39H51O9Si.3ClH.Ti/c1-20-21(2)23(4)39(22(20)3)49(30-17-27(40-8)24(5)33(43-11)36(30)46-14,31-18-28(41-9)25(6)34(44-12)37(31)47-15)32-19-29(42-10)26(7)35(45-13)38(32)48-16;;;;/h17-19H,1-16H3;3*1H;/q-1;;;;+4/p-3. The molecule has 53 heavy (non-hydrogen) atoms. The molecule has 0 saturated heterocycles. The van der Waals surface area contributed by atoms with Crippen molar-refractivity contribution in [3.05, 3.63) is 57.1 Å². The van der Waals surface area contributed by atoms with Crippen molar-refractivity contribution in [2.75, 3.05) is 64.0 Å². The molecule has 290 valence electrons. The van der Waals surface area contributed by atoms with Gasteiger partial charge in [0.2, 0.25) is 0 Å². The molecule has 0 unspecified atom stereocenters. The normalized spacial score (nSPS) is 10.4. The Labute approximate surface area is 349 Å². The molecule has 0 amide bonds. The van der Waals surface area contributed by atoms with E-state index in [1.165, 1.54) is 11.1 Å². The molecule has 4 aromatic carbocycles. The average molecular weight is 846 g/mol. The summed E-state index contributed by atoms with van der Waals surface area (Å²) in [5.41, 5.74) is 7.03. The van der Waals surface area contributed by atoms with Crippen LogP contribution in [0.15, 0.2) is 18.2 Å². The van der Waals surface area contributed by atoms with Crippen molar-refractivity contribution in [1.82, 2.24) is 0 Å². The van der Waals surface area contributed by atoms with E-state index in [1.807, 2.05) is 20.8 Å². The van der Waals surface area contributed by atoms with Crippen LogP contribution in [0.5, 0.6) is 51.7 Å². The van der Waals surface area contributed by atoms with E-state index in [4.69, 9.17) is 42.6 Å². The third-order valence-electron chi connectivity index (χ3n) is 10.2. The van der Waals surface area contributed by atoms with Gasteiger partial charge >= 0.3 is 21.7 Å². The minimum absolute atomic E-state index is 0. The van der Waals surface area contributed by atoms with Crippen molar-refractivity contribution < 1.29 is 102 Å². The summed E-state index contributed by atoms with van der Waals surface area (Å²) in [5, 5.41) is 3.63. The van der Waals surface area contributed by atoms with E-state index >= 15 is 0 Å². The van der Waals surface area contributed by atoms with Crippen molar-refractivity contribution in [3.8, 4) is 51.7 Å². The van der Waals surface area contributed by atoms with Crippen LogP contribution in [0.25, 0.3) is 0 Å². The van der Waals surface area contributed by atoms with Crippen molar-refractivity contribution in [2.24, 2.45) is 0 Å². The van der Waals surface area contributed by atoms with Crippen LogP contribution in [0.1, 0.15) is 38.9 Å². The molecule has 0 aliphatic heterocycles. The topological polar surface area (TPSA) is 83.1 Å². The maximum atomic E-state index is 6.40. The number of methoxy groups -OCH3 is 9. The summed E-state index contributed by atoms with van der Waals surface area (Å²) in [5.74, 6) is 5.24. The van der Waals surface area contributed by atoms with Crippen molar-refractivity contribution >= 4 is 28.8 Å². The molecule has 0 N–H and O–H groups in total. The molecule has 4 aromatic rings. The second-order valence-electron chi connectivity index (χ2n) is 12.1. The van der Waals surface area contributed by atoms with Gasteiger partial charge in [0.25, 0.3) is 0 Å². The maximum absolute atomic E-state index is 6.40. The quantitative estimate of drug-likeness (QED) is 0.0762. The van der Waals surface area contributed by atoms with Crippen LogP contribution < -0.4 is 101 Å². The third-order valence-corrected chi connectivity index (χ3v) is 15.3. The van der Waals surface area contributed by atoms with E-state index in [0.29, 0.717) is 51.7 Å². The molecule has 14 heteroatoms. The Morgan fingerprint density at radius 2 is 0.660 bits per heavy atom. The number of hydrogen-bond acceptors (Lipinski definition) is 9. The van der Waals surface area contributed by atoms with Crippen LogP contribution in [-0.2, 0) is 21.7 Å². The molecule has 0 saturated carbocycles. The largest absolute Gasteiger partial charge is 4.00 e. The van der Waals surface area contributed by atoms with Gasteiger partial charge in [-0.05, 0) is 39.0 Å². The first-order valence-corrected chi connectivity index (χ1v) is 18.0. The molecule has 0 aliphatic carbocycles. The second kappa shape index (κ2) is 20.1. The van der Waals surface area contributed by atoms with Crippen molar-refractivity contribution in [3.63, 3.8) is 0 Å². The van der Waals surface area contributed by atoms with Gasteiger partial charge in [0.1, 0.15) is 17.2 Å². The second-order valence-corrected chi connectivity index (χ2v) is 15.7. The fourth-order valence-electron chi connectivity index (χ4n) is 7.57. The van der Waals surface area contributed by atoms with Crippen LogP contribution in [-0.4, -0.2) is 72.1 Å². The summed E-state index contributed by atoms with van der Waals surface area (Å²) in [6.45, 7) is 14.5. The molecular formula is C39H51Cl3O9SiTi. The van der Waals surface area contributed by atoms with Crippen molar-refractivity contribution in [2.45, 2.75) is 48.5 Å². The minimum Gasteiger partial charge on any atom is -1.00 e. The Kier molecular flexibility index (Phi) is 18.9. The molecule has 9 nitrogen and oxygen atoms in total. The molecule has 0 aliphatic rings. The van der Waals surface area contributed by atoms with Gasteiger partial charge in [-0.1, -0.05) is 27.7 Å². The van der Waals surface area contributed by atoms with Crippen LogP contribution in [0.4, 0.5) is 0 Å². The zero-order chi connectivity index (χ0) is 36.5. The summed E-state index contributed by atoms with van der Waals surface area (Å²) in [6, 6.07) is 6.20. The molecule has 0 heterocycles. The predicted octanol–water partition coefficient (Wildman–Crippen LogP) is -3.97. The summed E-state index contributed by atoms with van der Waals surface area (Å²) >= 11 is 0. The molecule has 0 atom stereocenters. The summed E-state index contributed by atoms with van der Waals surface area (Å²) < 4.78 is 55.8. The van der Waals surface area contributed by atoms with Crippen LogP contribution in [0, 0.1) is 48.5 Å². The van der Waals surface area contributed by atoms with E-state index < -0.39 is 8.07 Å². The van der Waals surface area contributed by atoms with Gasteiger partial charge in [-0.15, -0.1) is 0 Å². The molecule has 0 radical (unpaired) electrons. The van der Waals surface area contributed by atoms with Crippen LogP contribution in [0.2, 0.25) is 0 Å². The van der Waals surface area contributed by atoms with Crippen LogP contribution >= 0.6 is 0 Å². The first-order valence-electron chi connectivity index (χ1n) is 16.0. The third kappa shape index (κ3) is 7.65. The van der Waals surface area contributed by atoms with E-state index in [1.54, 1.807) is 64.0 Å². The fourth-order valence-corrected chi connectivity index (χ4v) is 13.5. The predicted molar refractivity (Wildman–Crippen MR) is 198 cm³/mol. The van der Waals surface area contributed by atoms with Gasteiger partial charge < -0.3 is 79.9 Å². The number of hydrogen-bond donors (Lipinski definition) is 0.